The number of benzene rings is 8. The van der Waals surface area contributed by atoms with Gasteiger partial charge in [-0.05, 0) is 112 Å². The van der Waals surface area contributed by atoms with Gasteiger partial charge in [-0.15, -0.1) is 11.3 Å². The molecule has 1 atom stereocenters. The van der Waals surface area contributed by atoms with E-state index in [1.54, 1.807) is 0 Å². The Bertz CT molecular complexity index is 3000. The fourth-order valence-corrected chi connectivity index (χ4v) is 11.2. The molecule has 11 rings (SSSR count). The van der Waals surface area contributed by atoms with E-state index in [4.69, 9.17) is 0 Å². The molecule has 0 N–H and O–H groups in total. The summed E-state index contributed by atoms with van der Waals surface area (Å²) in [6.07, 6.45) is 7.86. The van der Waals surface area contributed by atoms with E-state index in [1.807, 2.05) is 23.1 Å². The summed E-state index contributed by atoms with van der Waals surface area (Å²) in [7, 11) is 0. The lowest BCUT2D eigenvalue weighted by atomic mass is 9.92. The van der Waals surface area contributed by atoms with Gasteiger partial charge in [0.2, 0.25) is 0 Å². The number of hydrogen-bond donors (Lipinski definition) is 0. The van der Waals surface area contributed by atoms with Gasteiger partial charge in [0, 0.05) is 49.0 Å². The molecule has 2 heterocycles. The molecule has 0 fully saturated rings. The predicted molar refractivity (Wildman–Crippen MR) is 250 cm³/mol. The van der Waals surface area contributed by atoms with E-state index < -0.39 is 0 Å². The van der Waals surface area contributed by atoms with Crippen molar-refractivity contribution < 1.29 is 0 Å². The van der Waals surface area contributed by atoms with Crippen LogP contribution in [0.15, 0.2) is 222 Å². The summed E-state index contributed by atoms with van der Waals surface area (Å²) in [5, 5.41) is 2.60. The zero-order chi connectivity index (χ0) is 38.4. The molecule has 58 heavy (non-hydrogen) atoms. The molecule has 2 aliphatic rings. The summed E-state index contributed by atoms with van der Waals surface area (Å²) in [6, 6.07) is 70.7. The highest BCUT2D eigenvalue weighted by molar-refractivity contribution is 8.03. The zero-order valence-electron chi connectivity index (χ0n) is 31.7. The minimum absolute atomic E-state index is 0.457. The third-order valence-corrected chi connectivity index (χ3v) is 13.9. The van der Waals surface area contributed by atoms with Crippen LogP contribution in [0.3, 0.4) is 0 Å². The lowest BCUT2D eigenvalue weighted by molar-refractivity contribution is 0.837. The van der Waals surface area contributed by atoms with Crippen LogP contribution in [-0.2, 0) is 0 Å². The molecule has 9 aromatic rings. The first-order valence-electron chi connectivity index (χ1n) is 19.9. The SMILES string of the molecule is C1=CCC2C(=C1)Sc1c2cccc1N(c1ccccc1)c1ccc(-c2cccc(-c3ccc(N(c4ccccc4)c4cccc5c4sc4ccccc45)cc3)c2)cc1. The summed E-state index contributed by atoms with van der Waals surface area (Å²) in [4.78, 5) is 7.61. The molecule has 0 saturated carbocycles. The second kappa shape index (κ2) is 14.7. The second-order valence-corrected chi connectivity index (χ2v) is 17.0. The lowest BCUT2D eigenvalue weighted by Gasteiger charge is -2.27. The summed E-state index contributed by atoms with van der Waals surface area (Å²) >= 11 is 3.80. The Morgan fingerprint density at radius 1 is 0.448 bits per heavy atom. The van der Waals surface area contributed by atoms with Crippen molar-refractivity contribution in [2.45, 2.75) is 17.2 Å². The average Bonchev–Trinajstić information content (AvgIpc) is 3.88. The molecular formula is C54H38N2S2. The quantitative estimate of drug-likeness (QED) is 0.152. The van der Waals surface area contributed by atoms with Gasteiger partial charge in [-0.3, -0.25) is 0 Å². The molecule has 8 aromatic carbocycles. The molecule has 1 aromatic heterocycles. The molecule has 276 valence electrons. The molecular weight excluding hydrogens is 741 g/mol. The van der Waals surface area contributed by atoms with Crippen molar-refractivity contribution in [1.29, 1.82) is 0 Å². The van der Waals surface area contributed by atoms with E-state index in [0.717, 1.165) is 29.2 Å². The maximum absolute atomic E-state index is 2.42. The van der Waals surface area contributed by atoms with Gasteiger partial charge in [-0.1, -0.05) is 151 Å². The number of allylic oxidation sites excluding steroid dienone is 4. The molecule has 4 heteroatoms. The van der Waals surface area contributed by atoms with Crippen molar-refractivity contribution in [1.82, 2.24) is 0 Å². The number of thioether (sulfide) groups is 1. The summed E-state index contributed by atoms with van der Waals surface area (Å²) in [6.45, 7) is 0. The van der Waals surface area contributed by atoms with Crippen LogP contribution in [-0.4, -0.2) is 0 Å². The Hall–Kier alpha value is -6.59. The van der Waals surface area contributed by atoms with Crippen LogP contribution in [0.2, 0.25) is 0 Å². The fourth-order valence-electron chi connectivity index (χ4n) is 8.62. The molecule has 0 bridgehead atoms. The first kappa shape index (κ1) is 34.6. The van der Waals surface area contributed by atoms with Gasteiger partial charge in [0.05, 0.1) is 16.1 Å². The van der Waals surface area contributed by atoms with Gasteiger partial charge in [0.15, 0.2) is 0 Å². The lowest BCUT2D eigenvalue weighted by Crippen LogP contribution is -2.11. The molecule has 1 aliphatic heterocycles. The van der Waals surface area contributed by atoms with Crippen molar-refractivity contribution >= 4 is 77.4 Å². The largest absolute Gasteiger partial charge is 0.309 e. The van der Waals surface area contributed by atoms with E-state index >= 15 is 0 Å². The van der Waals surface area contributed by atoms with E-state index in [0.29, 0.717) is 5.92 Å². The average molecular weight is 779 g/mol. The maximum atomic E-state index is 2.42. The standard InChI is InChI=1S/C54H38N2S2/c1-3-16-41(17-4-1)55(49-24-12-22-47-45-20-7-9-26-51(45)57-53(47)49)43-32-28-37(29-33-43)39-14-11-15-40(36-39)38-30-34-44(35-31-38)56(42-18-5-2-6-19-42)50-25-13-23-48-46-21-8-10-27-52(46)58-54(48)50/h1-20,22-36,46H,21H2. The Morgan fingerprint density at radius 3 is 1.69 bits per heavy atom. The van der Waals surface area contributed by atoms with E-state index in [9.17, 15) is 0 Å². The number of anilines is 6. The summed E-state index contributed by atoms with van der Waals surface area (Å²) in [5.41, 5.74) is 13.2. The minimum Gasteiger partial charge on any atom is -0.309 e. The number of hydrogen-bond acceptors (Lipinski definition) is 4. The van der Waals surface area contributed by atoms with Gasteiger partial charge in [-0.25, -0.2) is 0 Å². The molecule has 0 saturated heterocycles. The monoisotopic (exact) mass is 778 g/mol. The van der Waals surface area contributed by atoms with Gasteiger partial charge >= 0.3 is 0 Å². The van der Waals surface area contributed by atoms with E-state index in [-0.39, 0.29) is 0 Å². The van der Waals surface area contributed by atoms with Crippen LogP contribution in [0.4, 0.5) is 34.1 Å². The first-order chi connectivity index (χ1) is 28.8. The second-order valence-electron chi connectivity index (χ2n) is 14.9. The number of para-hydroxylation sites is 2. The Labute approximate surface area is 347 Å². The minimum atomic E-state index is 0.457. The van der Waals surface area contributed by atoms with Crippen molar-refractivity contribution in [2.75, 3.05) is 9.80 Å². The maximum Gasteiger partial charge on any atom is 0.0640 e. The van der Waals surface area contributed by atoms with Crippen LogP contribution in [0, 0.1) is 0 Å². The molecule has 0 radical (unpaired) electrons. The molecule has 0 amide bonds. The smallest absolute Gasteiger partial charge is 0.0640 e. The Balaban J connectivity index is 0.915. The summed E-state index contributed by atoms with van der Waals surface area (Å²) < 4.78 is 2.60. The van der Waals surface area contributed by atoms with Gasteiger partial charge in [0.25, 0.3) is 0 Å². The predicted octanol–water partition coefficient (Wildman–Crippen LogP) is 16.4. The van der Waals surface area contributed by atoms with Gasteiger partial charge in [-0.2, -0.15) is 0 Å². The zero-order valence-corrected chi connectivity index (χ0v) is 33.3. The van der Waals surface area contributed by atoms with Crippen LogP contribution >= 0.6 is 23.1 Å². The fraction of sp³-hybridized carbons (Fsp3) is 0.0370. The highest BCUT2D eigenvalue weighted by atomic mass is 32.2. The third kappa shape index (κ3) is 6.13. The van der Waals surface area contributed by atoms with E-state index in [1.165, 1.54) is 69.2 Å². The van der Waals surface area contributed by atoms with Crippen LogP contribution < -0.4 is 9.80 Å². The number of nitrogens with zero attached hydrogens (tertiary/aromatic N) is 2. The van der Waals surface area contributed by atoms with Crippen molar-refractivity contribution in [2.24, 2.45) is 0 Å². The van der Waals surface area contributed by atoms with E-state index in [2.05, 4.69) is 222 Å². The first-order valence-corrected chi connectivity index (χ1v) is 21.5. The highest BCUT2D eigenvalue weighted by Gasteiger charge is 2.32. The van der Waals surface area contributed by atoms with Crippen LogP contribution in [0.25, 0.3) is 42.4 Å². The molecule has 0 spiro atoms. The Morgan fingerprint density at radius 2 is 1.00 bits per heavy atom. The third-order valence-electron chi connectivity index (χ3n) is 11.4. The number of fused-ring (bicyclic) bond motifs is 6. The summed E-state index contributed by atoms with van der Waals surface area (Å²) in [5.74, 6) is 0.457. The molecule has 1 aliphatic carbocycles. The van der Waals surface area contributed by atoms with Crippen molar-refractivity contribution in [3.05, 3.63) is 223 Å². The van der Waals surface area contributed by atoms with Crippen molar-refractivity contribution in [3.63, 3.8) is 0 Å². The highest BCUT2D eigenvalue weighted by Crippen LogP contribution is 2.56. The normalized spacial score (nSPS) is 14.3. The van der Waals surface area contributed by atoms with Gasteiger partial charge < -0.3 is 9.80 Å². The number of thiophene rings is 1. The van der Waals surface area contributed by atoms with Gasteiger partial charge in [0.1, 0.15) is 0 Å². The Kier molecular flexibility index (Phi) is 8.80. The topological polar surface area (TPSA) is 6.48 Å². The molecule has 1 unspecified atom stereocenters. The van der Waals surface area contributed by atoms with Crippen LogP contribution in [0.5, 0.6) is 0 Å². The molecule has 2 nitrogen and oxygen atoms in total. The number of rotatable bonds is 8. The van der Waals surface area contributed by atoms with Crippen molar-refractivity contribution in [3.8, 4) is 22.3 Å². The van der Waals surface area contributed by atoms with Crippen LogP contribution in [0.1, 0.15) is 17.9 Å².